The molecule has 0 saturated heterocycles. The quantitative estimate of drug-likeness (QED) is 0.871. The summed E-state index contributed by atoms with van der Waals surface area (Å²) >= 11 is 0. The Kier molecular flexibility index (Phi) is 2.60. The van der Waals surface area contributed by atoms with Gasteiger partial charge in [0.1, 0.15) is 5.82 Å². The Bertz CT molecular complexity index is 519. The summed E-state index contributed by atoms with van der Waals surface area (Å²) in [5.74, 6) is -0.265. The van der Waals surface area contributed by atoms with E-state index < -0.39 is 0 Å². The van der Waals surface area contributed by atoms with Crippen LogP contribution < -0.4 is 5.32 Å². The first-order chi connectivity index (χ1) is 8.33. The lowest BCUT2D eigenvalue weighted by atomic mass is 10.3. The number of rotatable bonds is 4. The highest BCUT2D eigenvalue weighted by Crippen LogP contribution is 2.19. The summed E-state index contributed by atoms with van der Waals surface area (Å²) < 4.78 is 14.8. The lowest BCUT2D eigenvalue weighted by molar-refractivity contribution is 0.619. The number of nitrogens with one attached hydrogen (secondary N) is 1. The van der Waals surface area contributed by atoms with Crippen LogP contribution in [0.1, 0.15) is 18.5 Å². The van der Waals surface area contributed by atoms with Gasteiger partial charge in [-0.05, 0) is 31.0 Å². The van der Waals surface area contributed by atoms with E-state index in [1.807, 2.05) is 6.07 Å². The van der Waals surface area contributed by atoms with E-state index in [0.29, 0.717) is 18.3 Å². The van der Waals surface area contributed by atoms with Gasteiger partial charge in [0.2, 0.25) is 0 Å². The molecule has 1 aliphatic carbocycles. The third-order valence-electron chi connectivity index (χ3n) is 2.82. The average Bonchev–Trinajstić information content (AvgIpc) is 3.04. The Balaban J connectivity index is 1.83. The Hall–Kier alpha value is -1.75. The molecule has 1 aromatic heterocycles. The minimum atomic E-state index is -0.265. The normalized spacial score (nSPS) is 15.1. The average molecular weight is 232 g/mol. The van der Waals surface area contributed by atoms with Gasteiger partial charge in [-0.2, -0.15) is 0 Å². The summed E-state index contributed by atoms with van der Waals surface area (Å²) in [5, 5.41) is 11.3. The highest BCUT2D eigenvalue weighted by atomic mass is 19.1. The second-order valence-corrected chi connectivity index (χ2v) is 4.27. The van der Waals surface area contributed by atoms with Crippen molar-refractivity contribution in [3.8, 4) is 5.69 Å². The molecule has 5 heteroatoms. The van der Waals surface area contributed by atoms with Gasteiger partial charge in [-0.3, -0.25) is 0 Å². The van der Waals surface area contributed by atoms with Crippen molar-refractivity contribution in [2.24, 2.45) is 0 Å². The summed E-state index contributed by atoms with van der Waals surface area (Å²) in [4.78, 5) is 0. The van der Waals surface area contributed by atoms with Crippen LogP contribution in [0.5, 0.6) is 0 Å². The van der Waals surface area contributed by atoms with Crippen molar-refractivity contribution in [2.75, 3.05) is 0 Å². The Morgan fingerprint density at radius 3 is 3.06 bits per heavy atom. The zero-order chi connectivity index (χ0) is 11.7. The van der Waals surface area contributed by atoms with Crippen molar-refractivity contribution in [1.82, 2.24) is 20.3 Å². The van der Waals surface area contributed by atoms with Crippen LogP contribution in [0.25, 0.3) is 5.69 Å². The molecule has 2 aromatic rings. The van der Waals surface area contributed by atoms with E-state index in [-0.39, 0.29) is 5.82 Å². The largest absolute Gasteiger partial charge is 0.308 e. The van der Waals surface area contributed by atoms with Crippen LogP contribution in [0.15, 0.2) is 30.5 Å². The molecule has 0 aliphatic heterocycles. The number of halogens is 1. The van der Waals surface area contributed by atoms with Gasteiger partial charge >= 0.3 is 0 Å². The number of nitrogens with zero attached hydrogens (tertiary/aromatic N) is 3. The second kappa shape index (κ2) is 4.25. The number of hydrogen-bond donors (Lipinski definition) is 1. The van der Waals surface area contributed by atoms with Crippen molar-refractivity contribution in [2.45, 2.75) is 25.4 Å². The molecule has 0 radical (unpaired) electrons. The van der Waals surface area contributed by atoms with Crippen molar-refractivity contribution < 1.29 is 4.39 Å². The maximum atomic E-state index is 13.1. The van der Waals surface area contributed by atoms with Crippen molar-refractivity contribution >= 4 is 0 Å². The fourth-order valence-electron chi connectivity index (χ4n) is 1.74. The van der Waals surface area contributed by atoms with Crippen molar-refractivity contribution in [1.29, 1.82) is 0 Å². The van der Waals surface area contributed by atoms with Crippen LogP contribution in [0, 0.1) is 5.82 Å². The van der Waals surface area contributed by atoms with E-state index in [1.54, 1.807) is 16.9 Å². The van der Waals surface area contributed by atoms with Crippen LogP contribution in [0.4, 0.5) is 4.39 Å². The molecule has 0 spiro atoms. The van der Waals surface area contributed by atoms with E-state index in [1.165, 1.54) is 25.0 Å². The Labute approximate surface area is 98.5 Å². The molecule has 17 heavy (non-hydrogen) atoms. The molecule has 0 bridgehead atoms. The molecule has 4 nitrogen and oxygen atoms in total. The lowest BCUT2D eigenvalue weighted by Gasteiger charge is -2.06. The van der Waals surface area contributed by atoms with E-state index in [0.717, 1.165) is 5.69 Å². The summed E-state index contributed by atoms with van der Waals surface area (Å²) in [6, 6.07) is 6.99. The first kappa shape index (κ1) is 10.4. The molecule has 3 rings (SSSR count). The number of benzene rings is 1. The van der Waals surface area contributed by atoms with Gasteiger partial charge < -0.3 is 5.32 Å². The van der Waals surface area contributed by atoms with Gasteiger partial charge in [0, 0.05) is 12.6 Å². The highest BCUT2D eigenvalue weighted by Gasteiger charge is 2.20. The van der Waals surface area contributed by atoms with Gasteiger partial charge in [-0.25, -0.2) is 9.07 Å². The van der Waals surface area contributed by atoms with Crippen LogP contribution >= 0.6 is 0 Å². The van der Waals surface area contributed by atoms with Crippen LogP contribution in [-0.4, -0.2) is 21.0 Å². The zero-order valence-corrected chi connectivity index (χ0v) is 9.31. The van der Waals surface area contributed by atoms with E-state index >= 15 is 0 Å². The van der Waals surface area contributed by atoms with Gasteiger partial charge in [-0.1, -0.05) is 11.3 Å². The van der Waals surface area contributed by atoms with Gasteiger partial charge in [0.05, 0.1) is 17.6 Å². The second-order valence-electron chi connectivity index (χ2n) is 4.27. The number of aromatic nitrogens is 3. The molecular formula is C12H13FN4. The first-order valence-electron chi connectivity index (χ1n) is 5.72. The molecule has 88 valence electrons. The minimum absolute atomic E-state index is 0.265. The Morgan fingerprint density at radius 1 is 1.41 bits per heavy atom. The molecule has 1 heterocycles. The maximum absolute atomic E-state index is 13.1. The topological polar surface area (TPSA) is 42.7 Å². The summed E-state index contributed by atoms with van der Waals surface area (Å²) in [6.45, 7) is 0.716. The molecule has 1 aliphatic rings. The van der Waals surface area contributed by atoms with E-state index in [2.05, 4.69) is 15.6 Å². The van der Waals surface area contributed by atoms with Crippen molar-refractivity contribution in [3.05, 3.63) is 42.0 Å². The summed E-state index contributed by atoms with van der Waals surface area (Å²) in [7, 11) is 0. The van der Waals surface area contributed by atoms with E-state index in [9.17, 15) is 4.39 Å². The van der Waals surface area contributed by atoms with Crippen molar-refractivity contribution in [3.63, 3.8) is 0 Å². The molecule has 1 fully saturated rings. The molecule has 0 amide bonds. The summed E-state index contributed by atoms with van der Waals surface area (Å²) in [6.07, 6.45) is 4.18. The first-order valence-corrected chi connectivity index (χ1v) is 5.72. The van der Waals surface area contributed by atoms with Crippen LogP contribution in [-0.2, 0) is 6.54 Å². The van der Waals surface area contributed by atoms with Gasteiger partial charge in [0.15, 0.2) is 0 Å². The third kappa shape index (κ3) is 2.34. The molecular weight excluding hydrogens is 219 g/mol. The number of hydrogen-bond acceptors (Lipinski definition) is 3. The molecule has 0 unspecified atom stereocenters. The highest BCUT2D eigenvalue weighted by molar-refractivity contribution is 5.32. The third-order valence-corrected chi connectivity index (χ3v) is 2.82. The lowest BCUT2D eigenvalue weighted by Crippen LogP contribution is -2.18. The monoisotopic (exact) mass is 232 g/mol. The van der Waals surface area contributed by atoms with E-state index in [4.69, 9.17) is 0 Å². The summed E-state index contributed by atoms with van der Waals surface area (Å²) in [5.41, 5.74) is 1.65. The smallest absolute Gasteiger partial charge is 0.125 e. The fourth-order valence-corrected chi connectivity index (χ4v) is 1.74. The molecule has 1 aromatic carbocycles. The van der Waals surface area contributed by atoms with Crippen LogP contribution in [0.3, 0.4) is 0 Å². The SMILES string of the molecule is Fc1cccc(-n2nncc2CNC2CC2)c1. The molecule has 1 saturated carbocycles. The maximum Gasteiger partial charge on any atom is 0.125 e. The van der Waals surface area contributed by atoms with Crippen LogP contribution in [0.2, 0.25) is 0 Å². The van der Waals surface area contributed by atoms with Gasteiger partial charge in [0.25, 0.3) is 0 Å². The predicted octanol–water partition coefficient (Wildman–Crippen LogP) is 1.66. The molecule has 0 atom stereocenters. The zero-order valence-electron chi connectivity index (χ0n) is 9.31. The fraction of sp³-hybridized carbons (Fsp3) is 0.333. The molecule has 1 N–H and O–H groups in total. The predicted molar refractivity (Wildman–Crippen MR) is 61.2 cm³/mol. The van der Waals surface area contributed by atoms with Gasteiger partial charge in [-0.15, -0.1) is 5.10 Å². The standard InChI is InChI=1S/C12H13FN4/c13-9-2-1-3-11(6-9)17-12(8-15-16-17)7-14-10-4-5-10/h1-3,6,8,10,14H,4-5,7H2. The Morgan fingerprint density at radius 2 is 2.29 bits per heavy atom. The minimum Gasteiger partial charge on any atom is -0.308 e.